The summed E-state index contributed by atoms with van der Waals surface area (Å²) in [4.78, 5) is 14.0. The van der Waals surface area contributed by atoms with Crippen LogP contribution in [-0.4, -0.2) is 43.8 Å². The van der Waals surface area contributed by atoms with Crippen molar-refractivity contribution < 1.29 is 13.2 Å². The van der Waals surface area contributed by atoms with E-state index in [1.807, 2.05) is 6.92 Å². The summed E-state index contributed by atoms with van der Waals surface area (Å²) in [5, 5.41) is 0. The lowest BCUT2D eigenvalue weighted by atomic mass is 9.86. The molecule has 4 atom stereocenters. The van der Waals surface area contributed by atoms with E-state index in [-0.39, 0.29) is 23.5 Å². The fourth-order valence-corrected chi connectivity index (χ4v) is 5.03. The molecule has 2 saturated carbocycles. The Morgan fingerprint density at radius 3 is 2.50 bits per heavy atom. The lowest BCUT2D eigenvalue weighted by Gasteiger charge is -2.28. The summed E-state index contributed by atoms with van der Waals surface area (Å²) in [7, 11) is -1.29. The summed E-state index contributed by atoms with van der Waals surface area (Å²) in [6.07, 6.45) is 5.74. The maximum Gasteiger partial charge on any atom is 0.222 e. The SMILES string of the molecule is CCS(=O)(=O)C[C@@H](C)N(C)C(=O)C[C@@H]1C[C@H]2CC[C@H]1C2. The molecular weight excluding hydrogens is 274 g/mol. The second-order valence-corrected chi connectivity index (χ2v) is 9.09. The van der Waals surface area contributed by atoms with Crippen LogP contribution in [0.5, 0.6) is 0 Å². The van der Waals surface area contributed by atoms with Gasteiger partial charge in [0.05, 0.1) is 5.75 Å². The monoisotopic (exact) mass is 301 g/mol. The first kappa shape index (κ1) is 15.8. The molecule has 2 fully saturated rings. The Morgan fingerprint density at radius 1 is 1.30 bits per heavy atom. The van der Waals surface area contributed by atoms with E-state index >= 15 is 0 Å². The summed E-state index contributed by atoms with van der Waals surface area (Å²) in [5.74, 6) is 2.46. The third-order valence-electron chi connectivity index (χ3n) is 5.31. The minimum absolute atomic E-state index is 0.0719. The van der Waals surface area contributed by atoms with Crippen LogP contribution >= 0.6 is 0 Å². The molecule has 4 nitrogen and oxygen atoms in total. The Kier molecular flexibility index (Phi) is 4.77. The minimum atomic E-state index is -3.03. The van der Waals surface area contributed by atoms with E-state index in [1.165, 1.54) is 25.7 Å². The van der Waals surface area contributed by atoms with Gasteiger partial charge in [-0.15, -0.1) is 0 Å². The second-order valence-electron chi connectivity index (χ2n) is 6.69. The molecule has 5 heteroatoms. The molecule has 0 unspecified atom stereocenters. The van der Waals surface area contributed by atoms with Gasteiger partial charge in [0.2, 0.25) is 5.91 Å². The van der Waals surface area contributed by atoms with Crippen LogP contribution in [0.2, 0.25) is 0 Å². The van der Waals surface area contributed by atoms with Crippen LogP contribution < -0.4 is 0 Å². The Bertz CT molecular complexity index is 460. The molecular formula is C15H27NO3S. The fraction of sp³-hybridized carbons (Fsp3) is 0.933. The molecule has 2 rings (SSSR count). The van der Waals surface area contributed by atoms with Crippen LogP contribution in [0.1, 0.15) is 46.0 Å². The van der Waals surface area contributed by atoms with Gasteiger partial charge in [-0.3, -0.25) is 4.79 Å². The van der Waals surface area contributed by atoms with Crippen LogP contribution in [-0.2, 0) is 14.6 Å². The summed E-state index contributed by atoms with van der Waals surface area (Å²) in [6.45, 7) is 3.48. The van der Waals surface area contributed by atoms with Crippen molar-refractivity contribution in [1.82, 2.24) is 4.90 Å². The summed E-state index contributed by atoms with van der Waals surface area (Å²) in [6, 6.07) is -0.231. The highest BCUT2D eigenvalue weighted by molar-refractivity contribution is 7.91. The molecule has 2 aliphatic rings. The first-order valence-electron chi connectivity index (χ1n) is 7.78. The molecule has 0 aromatic rings. The Balaban J connectivity index is 1.85. The molecule has 20 heavy (non-hydrogen) atoms. The third kappa shape index (κ3) is 3.54. The lowest BCUT2D eigenvalue weighted by molar-refractivity contribution is -0.132. The van der Waals surface area contributed by atoms with Crippen LogP contribution in [0.25, 0.3) is 0 Å². The van der Waals surface area contributed by atoms with E-state index in [1.54, 1.807) is 18.9 Å². The van der Waals surface area contributed by atoms with Crippen molar-refractivity contribution in [2.45, 2.75) is 52.0 Å². The molecule has 0 saturated heterocycles. The predicted molar refractivity (Wildman–Crippen MR) is 80.1 cm³/mol. The van der Waals surface area contributed by atoms with E-state index in [2.05, 4.69) is 0 Å². The largest absolute Gasteiger partial charge is 0.342 e. The van der Waals surface area contributed by atoms with Crippen molar-refractivity contribution in [3.63, 3.8) is 0 Å². The quantitative estimate of drug-likeness (QED) is 0.755. The predicted octanol–water partition coefficient (Wildman–Crippen LogP) is 2.09. The number of amides is 1. The van der Waals surface area contributed by atoms with Gasteiger partial charge in [-0.05, 0) is 43.9 Å². The van der Waals surface area contributed by atoms with Crippen molar-refractivity contribution in [3.8, 4) is 0 Å². The number of rotatable bonds is 6. The summed E-state index contributed by atoms with van der Waals surface area (Å²) < 4.78 is 23.3. The van der Waals surface area contributed by atoms with Gasteiger partial charge in [0.1, 0.15) is 0 Å². The molecule has 0 spiro atoms. The Labute approximate surface area is 122 Å². The van der Waals surface area contributed by atoms with Crippen molar-refractivity contribution in [2.24, 2.45) is 17.8 Å². The first-order chi connectivity index (χ1) is 9.32. The number of carbonyl (C=O) groups excluding carboxylic acids is 1. The maximum absolute atomic E-state index is 12.3. The van der Waals surface area contributed by atoms with Crippen molar-refractivity contribution >= 4 is 15.7 Å². The highest BCUT2D eigenvalue weighted by Gasteiger charge is 2.40. The van der Waals surface area contributed by atoms with Crippen molar-refractivity contribution in [3.05, 3.63) is 0 Å². The van der Waals surface area contributed by atoms with Gasteiger partial charge in [0.15, 0.2) is 9.84 Å². The van der Waals surface area contributed by atoms with Gasteiger partial charge in [-0.25, -0.2) is 8.42 Å². The zero-order chi connectivity index (χ0) is 14.9. The fourth-order valence-electron chi connectivity index (χ4n) is 3.84. The molecule has 2 bridgehead atoms. The van der Waals surface area contributed by atoms with E-state index < -0.39 is 9.84 Å². The Morgan fingerprint density at radius 2 is 2.00 bits per heavy atom. The number of fused-ring (bicyclic) bond motifs is 2. The van der Waals surface area contributed by atoms with Gasteiger partial charge in [0, 0.05) is 25.3 Å². The number of carbonyl (C=O) groups is 1. The van der Waals surface area contributed by atoms with Crippen LogP contribution in [0, 0.1) is 17.8 Å². The molecule has 0 aliphatic heterocycles. The lowest BCUT2D eigenvalue weighted by Crippen LogP contribution is -2.40. The van der Waals surface area contributed by atoms with Gasteiger partial charge < -0.3 is 4.90 Å². The smallest absolute Gasteiger partial charge is 0.222 e. The highest BCUT2D eigenvalue weighted by Crippen LogP contribution is 2.49. The molecule has 0 N–H and O–H groups in total. The van der Waals surface area contributed by atoms with Crippen molar-refractivity contribution in [2.75, 3.05) is 18.6 Å². The molecule has 1 amide bonds. The number of sulfone groups is 1. The number of nitrogens with zero attached hydrogens (tertiary/aromatic N) is 1. The molecule has 0 heterocycles. The first-order valence-corrected chi connectivity index (χ1v) is 9.60. The van der Waals surface area contributed by atoms with Crippen LogP contribution in [0.15, 0.2) is 0 Å². The minimum Gasteiger partial charge on any atom is -0.342 e. The molecule has 0 aromatic carbocycles. The van der Waals surface area contributed by atoms with Gasteiger partial charge in [-0.2, -0.15) is 0 Å². The van der Waals surface area contributed by atoms with E-state index in [9.17, 15) is 13.2 Å². The summed E-state index contributed by atoms with van der Waals surface area (Å²) >= 11 is 0. The molecule has 2 aliphatic carbocycles. The average molecular weight is 301 g/mol. The zero-order valence-electron chi connectivity index (χ0n) is 12.8. The van der Waals surface area contributed by atoms with Gasteiger partial charge in [-0.1, -0.05) is 13.3 Å². The number of hydrogen-bond donors (Lipinski definition) is 0. The van der Waals surface area contributed by atoms with E-state index in [0.717, 1.165) is 11.8 Å². The highest BCUT2D eigenvalue weighted by atomic mass is 32.2. The zero-order valence-corrected chi connectivity index (χ0v) is 13.7. The molecule has 0 radical (unpaired) electrons. The van der Waals surface area contributed by atoms with Crippen LogP contribution in [0.3, 0.4) is 0 Å². The normalized spacial score (nSPS) is 30.4. The topological polar surface area (TPSA) is 54.5 Å². The second kappa shape index (κ2) is 6.04. The molecule has 0 aromatic heterocycles. The third-order valence-corrected chi connectivity index (χ3v) is 7.18. The number of hydrogen-bond acceptors (Lipinski definition) is 3. The van der Waals surface area contributed by atoms with E-state index in [4.69, 9.17) is 0 Å². The average Bonchev–Trinajstić information content (AvgIpc) is 2.99. The van der Waals surface area contributed by atoms with Gasteiger partial charge in [0.25, 0.3) is 0 Å². The Hall–Kier alpha value is -0.580. The van der Waals surface area contributed by atoms with E-state index in [0.29, 0.717) is 12.3 Å². The van der Waals surface area contributed by atoms with Crippen LogP contribution in [0.4, 0.5) is 0 Å². The van der Waals surface area contributed by atoms with Gasteiger partial charge >= 0.3 is 0 Å². The summed E-state index contributed by atoms with van der Waals surface area (Å²) in [5.41, 5.74) is 0. The maximum atomic E-state index is 12.3. The standard InChI is InChI=1S/C15H27NO3S/c1-4-20(18,19)10-11(2)16(3)15(17)9-14-8-12-5-6-13(14)7-12/h11-14H,4-10H2,1-3H3/t11-,12+,13+,14+/m1/s1. The van der Waals surface area contributed by atoms with Crippen molar-refractivity contribution in [1.29, 1.82) is 0 Å². The molecule has 116 valence electrons.